The first-order chi connectivity index (χ1) is 11.0. The molecule has 2 heterocycles. The molecule has 1 atom stereocenters. The second-order valence-corrected chi connectivity index (χ2v) is 5.59. The average molecular weight is 325 g/mol. The zero-order chi connectivity index (χ0) is 16.3. The van der Waals surface area contributed by atoms with Gasteiger partial charge < -0.3 is 10.1 Å². The van der Waals surface area contributed by atoms with Crippen LogP contribution in [-0.2, 0) is 12.6 Å². The van der Waals surface area contributed by atoms with Gasteiger partial charge in [0, 0.05) is 12.1 Å². The highest BCUT2D eigenvalue weighted by Crippen LogP contribution is 2.31. The van der Waals surface area contributed by atoms with Crippen LogP contribution >= 0.6 is 0 Å². The van der Waals surface area contributed by atoms with Crippen LogP contribution in [0, 0.1) is 0 Å². The molecule has 1 saturated heterocycles. The monoisotopic (exact) mass is 325 g/mol. The minimum absolute atomic E-state index is 0.219. The maximum atomic E-state index is 12.6. The molecule has 0 spiro atoms. The number of benzene rings is 1. The van der Waals surface area contributed by atoms with Crippen molar-refractivity contribution in [1.82, 2.24) is 15.5 Å². The first-order valence-electron chi connectivity index (χ1n) is 7.60. The summed E-state index contributed by atoms with van der Waals surface area (Å²) in [6.07, 6.45) is -1.57. The zero-order valence-corrected chi connectivity index (χ0v) is 12.5. The van der Waals surface area contributed by atoms with E-state index in [1.54, 1.807) is 0 Å². The number of halogens is 3. The smallest absolute Gasteiger partial charge is 0.416 e. The second-order valence-electron chi connectivity index (χ2n) is 5.59. The Kier molecular flexibility index (Phi) is 4.56. The lowest BCUT2D eigenvalue weighted by Crippen LogP contribution is -2.13. The molecule has 4 nitrogen and oxygen atoms in total. The Bertz CT molecular complexity index is 648. The summed E-state index contributed by atoms with van der Waals surface area (Å²) in [4.78, 5) is 0. The highest BCUT2D eigenvalue weighted by atomic mass is 19.4. The summed E-state index contributed by atoms with van der Waals surface area (Å²) in [6.45, 7) is 1.30. The third-order valence-corrected chi connectivity index (χ3v) is 3.87. The molecule has 7 heteroatoms. The Morgan fingerprint density at radius 3 is 2.87 bits per heavy atom. The van der Waals surface area contributed by atoms with Gasteiger partial charge in [-0.25, -0.2) is 0 Å². The van der Waals surface area contributed by atoms with Crippen molar-refractivity contribution in [2.24, 2.45) is 0 Å². The highest BCUT2D eigenvalue weighted by molar-refractivity contribution is 5.30. The summed E-state index contributed by atoms with van der Waals surface area (Å²) < 4.78 is 43.3. The van der Waals surface area contributed by atoms with E-state index in [1.807, 2.05) is 6.07 Å². The average Bonchev–Trinajstić information content (AvgIpc) is 3.18. The summed E-state index contributed by atoms with van der Waals surface area (Å²) in [5, 5.41) is 10.6. The third-order valence-electron chi connectivity index (χ3n) is 3.87. The molecule has 2 N–H and O–H groups in total. The van der Waals surface area contributed by atoms with E-state index in [0.29, 0.717) is 19.1 Å². The van der Waals surface area contributed by atoms with E-state index in [2.05, 4.69) is 15.5 Å². The van der Waals surface area contributed by atoms with E-state index in [1.165, 1.54) is 12.1 Å². The molecular formula is C16H18F3N3O. The molecule has 1 aliphatic rings. The number of rotatable bonds is 5. The van der Waals surface area contributed by atoms with E-state index < -0.39 is 11.7 Å². The van der Waals surface area contributed by atoms with Crippen molar-refractivity contribution >= 4 is 0 Å². The van der Waals surface area contributed by atoms with Crippen LogP contribution in [0.2, 0.25) is 0 Å². The number of alkyl halides is 3. The molecule has 2 aromatic rings. The van der Waals surface area contributed by atoms with Crippen LogP contribution < -0.4 is 10.1 Å². The van der Waals surface area contributed by atoms with Gasteiger partial charge in [-0.1, -0.05) is 6.07 Å². The van der Waals surface area contributed by atoms with Crippen molar-refractivity contribution in [3.8, 4) is 5.75 Å². The molecule has 3 rings (SSSR count). The summed E-state index contributed by atoms with van der Waals surface area (Å²) in [5.41, 5.74) is 1.20. The van der Waals surface area contributed by atoms with Crippen molar-refractivity contribution in [2.75, 3.05) is 13.2 Å². The first-order valence-corrected chi connectivity index (χ1v) is 7.60. The number of aromatic amines is 1. The van der Waals surface area contributed by atoms with Crippen LogP contribution in [0.5, 0.6) is 5.75 Å². The van der Waals surface area contributed by atoms with Crippen molar-refractivity contribution in [1.29, 1.82) is 0 Å². The quantitative estimate of drug-likeness (QED) is 0.885. The number of ether oxygens (including phenoxy) is 1. The van der Waals surface area contributed by atoms with Gasteiger partial charge in [0.05, 0.1) is 23.9 Å². The van der Waals surface area contributed by atoms with Crippen molar-refractivity contribution < 1.29 is 17.9 Å². The van der Waals surface area contributed by atoms with Crippen LogP contribution in [0.1, 0.15) is 35.8 Å². The van der Waals surface area contributed by atoms with Crippen LogP contribution in [0.3, 0.4) is 0 Å². The Balaban J connectivity index is 1.53. The Morgan fingerprint density at radius 1 is 1.26 bits per heavy atom. The molecule has 1 aromatic heterocycles. The van der Waals surface area contributed by atoms with E-state index in [-0.39, 0.29) is 5.75 Å². The van der Waals surface area contributed by atoms with Gasteiger partial charge in [0.15, 0.2) is 0 Å². The van der Waals surface area contributed by atoms with Gasteiger partial charge in [-0.15, -0.1) is 0 Å². The Hall–Kier alpha value is -2.02. The van der Waals surface area contributed by atoms with Gasteiger partial charge in [-0.05, 0) is 43.7 Å². The van der Waals surface area contributed by atoms with E-state index >= 15 is 0 Å². The molecule has 0 bridgehead atoms. The number of hydrogen-bond acceptors (Lipinski definition) is 3. The molecule has 0 aliphatic carbocycles. The third kappa shape index (κ3) is 4.04. The predicted octanol–water partition coefficient (Wildman–Crippen LogP) is 3.47. The molecule has 0 radical (unpaired) electrons. The van der Waals surface area contributed by atoms with Crippen LogP contribution in [0.4, 0.5) is 13.2 Å². The van der Waals surface area contributed by atoms with Gasteiger partial charge >= 0.3 is 6.18 Å². The van der Waals surface area contributed by atoms with Gasteiger partial charge in [0.1, 0.15) is 5.75 Å². The van der Waals surface area contributed by atoms with Crippen LogP contribution in [0.25, 0.3) is 0 Å². The Labute approximate surface area is 132 Å². The van der Waals surface area contributed by atoms with Crippen molar-refractivity contribution in [2.45, 2.75) is 31.5 Å². The number of nitrogens with zero attached hydrogens (tertiary/aromatic N) is 1. The Morgan fingerprint density at radius 2 is 2.13 bits per heavy atom. The van der Waals surface area contributed by atoms with Gasteiger partial charge in [-0.3, -0.25) is 5.10 Å². The fourth-order valence-corrected chi connectivity index (χ4v) is 2.66. The molecule has 0 unspecified atom stereocenters. The maximum absolute atomic E-state index is 12.6. The molecule has 1 aliphatic heterocycles. The molecule has 0 saturated carbocycles. The van der Waals surface area contributed by atoms with Crippen molar-refractivity contribution in [3.63, 3.8) is 0 Å². The summed E-state index contributed by atoms with van der Waals surface area (Å²) in [5.74, 6) is 0.219. The zero-order valence-electron chi connectivity index (χ0n) is 12.5. The molecule has 1 aromatic carbocycles. The standard InChI is InChI=1S/C16H18F3N3O/c17-16(18,19)11-3-1-4-13(9-11)23-8-6-12-10-15(22-21-12)14-5-2-7-20-14/h1,3-4,9-10,14,20H,2,5-8H2,(H,21,22)/t14-/m0/s1. The first kappa shape index (κ1) is 15.9. The SMILES string of the molecule is FC(F)(F)c1cccc(OCCc2cc([C@@H]3CCCN3)n[nH]2)c1. The minimum atomic E-state index is -4.36. The number of aromatic nitrogens is 2. The topological polar surface area (TPSA) is 49.9 Å². The fourth-order valence-electron chi connectivity index (χ4n) is 2.66. The lowest BCUT2D eigenvalue weighted by atomic mass is 10.1. The minimum Gasteiger partial charge on any atom is -0.493 e. The van der Waals surface area contributed by atoms with Crippen LogP contribution in [0.15, 0.2) is 30.3 Å². The molecule has 23 heavy (non-hydrogen) atoms. The van der Waals surface area contributed by atoms with E-state index in [9.17, 15) is 13.2 Å². The lowest BCUT2D eigenvalue weighted by molar-refractivity contribution is -0.137. The van der Waals surface area contributed by atoms with Gasteiger partial charge in [-0.2, -0.15) is 18.3 Å². The predicted molar refractivity (Wildman–Crippen MR) is 79.2 cm³/mol. The second kappa shape index (κ2) is 6.62. The number of hydrogen-bond donors (Lipinski definition) is 2. The van der Waals surface area contributed by atoms with E-state index in [0.717, 1.165) is 42.9 Å². The highest BCUT2D eigenvalue weighted by Gasteiger charge is 2.30. The van der Waals surface area contributed by atoms with Crippen LogP contribution in [-0.4, -0.2) is 23.3 Å². The molecule has 124 valence electrons. The van der Waals surface area contributed by atoms with Gasteiger partial charge in [0.25, 0.3) is 0 Å². The summed E-state index contributed by atoms with van der Waals surface area (Å²) in [6, 6.07) is 7.19. The molecule has 0 amide bonds. The summed E-state index contributed by atoms with van der Waals surface area (Å²) >= 11 is 0. The number of H-pyrrole nitrogens is 1. The molecule has 1 fully saturated rings. The van der Waals surface area contributed by atoms with Crippen molar-refractivity contribution in [3.05, 3.63) is 47.3 Å². The fraction of sp³-hybridized carbons (Fsp3) is 0.438. The summed E-state index contributed by atoms with van der Waals surface area (Å²) in [7, 11) is 0. The van der Waals surface area contributed by atoms with Gasteiger partial charge in [0.2, 0.25) is 0 Å². The number of nitrogens with one attached hydrogen (secondary N) is 2. The maximum Gasteiger partial charge on any atom is 0.416 e. The molecular weight excluding hydrogens is 307 g/mol. The lowest BCUT2D eigenvalue weighted by Gasteiger charge is -2.09. The largest absolute Gasteiger partial charge is 0.493 e. The van der Waals surface area contributed by atoms with E-state index in [4.69, 9.17) is 4.74 Å². The normalized spacial score (nSPS) is 18.3.